The molecule has 0 rings (SSSR count). The summed E-state index contributed by atoms with van der Waals surface area (Å²) < 4.78 is 16.9. The first-order valence-corrected chi connectivity index (χ1v) is 24.7. The molecular formula is C51H95NO6. The number of ether oxygens (including phenoxy) is 3. The highest BCUT2D eigenvalue weighted by molar-refractivity contribution is 5.70. The monoisotopic (exact) mass is 818 g/mol. The molecule has 0 saturated carbocycles. The van der Waals surface area contributed by atoms with Gasteiger partial charge in [0, 0.05) is 25.3 Å². The van der Waals surface area contributed by atoms with Crippen molar-refractivity contribution < 1.29 is 28.6 Å². The third-order valence-electron chi connectivity index (χ3n) is 12.0. The van der Waals surface area contributed by atoms with Gasteiger partial charge in [0.15, 0.2) is 0 Å². The van der Waals surface area contributed by atoms with E-state index in [0.717, 1.165) is 116 Å². The lowest BCUT2D eigenvalue weighted by molar-refractivity contribution is -0.150. The zero-order chi connectivity index (χ0) is 42.9. The molecule has 0 aromatic carbocycles. The van der Waals surface area contributed by atoms with Crippen molar-refractivity contribution in [3.63, 3.8) is 0 Å². The Bertz CT molecular complexity index is 939. The van der Waals surface area contributed by atoms with E-state index in [1.54, 1.807) is 0 Å². The molecule has 0 aliphatic rings. The molecular weight excluding hydrogens is 723 g/mol. The van der Waals surface area contributed by atoms with Crippen molar-refractivity contribution in [3.8, 4) is 0 Å². The molecule has 0 bridgehead atoms. The van der Waals surface area contributed by atoms with Crippen LogP contribution in [0.15, 0.2) is 24.3 Å². The molecule has 340 valence electrons. The number of hydrogen-bond acceptors (Lipinski definition) is 7. The first-order valence-electron chi connectivity index (χ1n) is 24.7. The van der Waals surface area contributed by atoms with E-state index in [9.17, 15) is 14.4 Å². The molecule has 0 aromatic heterocycles. The van der Waals surface area contributed by atoms with E-state index in [1.807, 2.05) is 0 Å². The summed E-state index contributed by atoms with van der Waals surface area (Å²) in [7, 11) is 2.12. The van der Waals surface area contributed by atoms with Crippen LogP contribution < -0.4 is 0 Å². The molecule has 0 aliphatic heterocycles. The lowest BCUT2D eigenvalue weighted by Crippen LogP contribution is -2.28. The van der Waals surface area contributed by atoms with Gasteiger partial charge in [0.2, 0.25) is 0 Å². The molecule has 7 heteroatoms. The predicted molar refractivity (Wildman–Crippen MR) is 246 cm³/mol. The molecule has 7 nitrogen and oxygen atoms in total. The van der Waals surface area contributed by atoms with Crippen LogP contribution in [-0.2, 0) is 28.6 Å². The Balaban J connectivity index is 4.13. The molecule has 58 heavy (non-hydrogen) atoms. The van der Waals surface area contributed by atoms with Crippen molar-refractivity contribution in [3.05, 3.63) is 24.3 Å². The topological polar surface area (TPSA) is 82.1 Å². The van der Waals surface area contributed by atoms with Gasteiger partial charge in [0.1, 0.15) is 6.10 Å². The smallest absolute Gasteiger partial charge is 0.306 e. The zero-order valence-electron chi connectivity index (χ0n) is 39.4. The number of allylic oxidation sites excluding steroid dienone is 4. The number of nitrogens with zero attached hydrogens (tertiary/aromatic N) is 1. The molecule has 0 spiro atoms. The van der Waals surface area contributed by atoms with Gasteiger partial charge in [-0.15, -0.1) is 0 Å². The molecule has 0 saturated heterocycles. The van der Waals surface area contributed by atoms with Crippen LogP contribution in [0.2, 0.25) is 0 Å². The maximum absolute atomic E-state index is 12.8. The van der Waals surface area contributed by atoms with Gasteiger partial charge in [-0.25, -0.2) is 0 Å². The van der Waals surface area contributed by atoms with E-state index < -0.39 is 0 Å². The van der Waals surface area contributed by atoms with Crippen molar-refractivity contribution in [2.75, 3.05) is 26.8 Å². The summed E-state index contributed by atoms with van der Waals surface area (Å²) in [4.78, 5) is 38.9. The maximum Gasteiger partial charge on any atom is 0.306 e. The molecule has 0 aromatic rings. The summed E-state index contributed by atoms with van der Waals surface area (Å²) in [6.45, 7) is 15.1. The largest absolute Gasteiger partial charge is 0.465 e. The van der Waals surface area contributed by atoms with E-state index in [-0.39, 0.29) is 24.0 Å². The van der Waals surface area contributed by atoms with Crippen molar-refractivity contribution >= 4 is 17.9 Å². The predicted octanol–water partition coefficient (Wildman–Crippen LogP) is 14.5. The summed E-state index contributed by atoms with van der Waals surface area (Å²) in [5, 5.41) is 0. The first-order chi connectivity index (χ1) is 28.2. The lowest BCUT2D eigenvalue weighted by atomic mass is 10.0. The third-order valence-corrected chi connectivity index (χ3v) is 12.0. The van der Waals surface area contributed by atoms with Gasteiger partial charge in [-0.05, 0) is 136 Å². The standard InChI is InChI=1S/C51H95NO6/c1-8-46(9-2)43-56-49(53)39-34-30-26-22-18-14-12-16-20-24-28-32-37-48(58-51(55)41-36-42-52(7)45(5)6)38-33-29-25-21-17-13-15-19-23-27-31-35-40-50(54)57-44-47(10-3)11-4/h18-19,22-23,45-48H,8-17,20-21,24-44H2,1-7H3/b22-18-,23-19-. The first kappa shape index (κ1) is 55.9. The Hall–Kier alpha value is -2.15. The van der Waals surface area contributed by atoms with Crippen LogP contribution in [0.1, 0.15) is 234 Å². The summed E-state index contributed by atoms with van der Waals surface area (Å²) in [6.07, 6.45) is 41.0. The van der Waals surface area contributed by atoms with Crippen LogP contribution in [0.4, 0.5) is 0 Å². The average Bonchev–Trinajstić information content (AvgIpc) is 3.21. The third kappa shape index (κ3) is 36.9. The highest BCUT2D eigenvalue weighted by Gasteiger charge is 2.15. The molecule has 0 aliphatic carbocycles. The van der Waals surface area contributed by atoms with E-state index in [2.05, 4.69) is 77.8 Å². The normalized spacial score (nSPS) is 12.1. The minimum absolute atomic E-state index is 0.0201. The fraction of sp³-hybridized carbons (Fsp3) is 0.863. The number of carbonyl (C=O) groups is 3. The molecule has 0 amide bonds. The van der Waals surface area contributed by atoms with Crippen LogP contribution in [0.5, 0.6) is 0 Å². The second-order valence-corrected chi connectivity index (χ2v) is 17.4. The van der Waals surface area contributed by atoms with Gasteiger partial charge < -0.3 is 19.1 Å². The fourth-order valence-corrected chi connectivity index (χ4v) is 7.07. The van der Waals surface area contributed by atoms with E-state index >= 15 is 0 Å². The van der Waals surface area contributed by atoms with Crippen LogP contribution >= 0.6 is 0 Å². The Morgan fingerprint density at radius 2 is 0.810 bits per heavy atom. The summed E-state index contributed by atoms with van der Waals surface area (Å²) >= 11 is 0. The SMILES string of the molecule is CCC(CC)COC(=O)CCCC/C=C\CCCCCCCCC(CCCCCCCC/C=C\CCCCC(=O)OCC(CC)CC)OC(=O)CCCN(C)C(C)C. The van der Waals surface area contributed by atoms with E-state index in [0.29, 0.717) is 50.4 Å². The quantitative estimate of drug-likeness (QED) is 0.0263. The molecule has 0 heterocycles. The fourth-order valence-electron chi connectivity index (χ4n) is 7.07. The number of hydrogen-bond donors (Lipinski definition) is 0. The molecule has 0 N–H and O–H groups in total. The highest BCUT2D eigenvalue weighted by atomic mass is 16.5. The van der Waals surface area contributed by atoms with Gasteiger partial charge in [0.25, 0.3) is 0 Å². The Kier molecular flexibility index (Phi) is 40.0. The Labute approximate surface area is 359 Å². The molecule has 0 radical (unpaired) electrons. The van der Waals surface area contributed by atoms with E-state index in [1.165, 1.54) is 64.2 Å². The van der Waals surface area contributed by atoms with Crippen molar-refractivity contribution in [1.82, 2.24) is 4.90 Å². The van der Waals surface area contributed by atoms with Gasteiger partial charge in [-0.2, -0.15) is 0 Å². The van der Waals surface area contributed by atoms with Gasteiger partial charge in [-0.3, -0.25) is 14.4 Å². The minimum atomic E-state index is -0.0423. The van der Waals surface area contributed by atoms with Gasteiger partial charge >= 0.3 is 17.9 Å². The lowest BCUT2D eigenvalue weighted by Gasteiger charge is -2.21. The zero-order valence-corrected chi connectivity index (χ0v) is 39.4. The second kappa shape index (κ2) is 41.6. The van der Waals surface area contributed by atoms with Crippen LogP contribution in [-0.4, -0.2) is 61.8 Å². The number of esters is 3. The Morgan fingerprint density at radius 1 is 0.466 bits per heavy atom. The summed E-state index contributed by atoms with van der Waals surface area (Å²) in [6, 6.07) is 0.490. The second-order valence-electron chi connectivity index (χ2n) is 17.4. The van der Waals surface area contributed by atoms with Crippen molar-refractivity contribution in [2.45, 2.75) is 246 Å². The maximum atomic E-state index is 12.8. The van der Waals surface area contributed by atoms with Crippen molar-refractivity contribution in [2.24, 2.45) is 11.8 Å². The average molecular weight is 818 g/mol. The highest BCUT2D eigenvalue weighted by Crippen LogP contribution is 2.19. The number of rotatable bonds is 42. The van der Waals surface area contributed by atoms with Crippen molar-refractivity contribution in [1.29, 1.82) is 0 Å². The molecule has 0 unspecified atom stereocenters. The van der Waals surface area contributed by atoms with Crippen LogP contribution in [0.3, 0.4) is 0 Å². The Morgan fingerprint density at radius 3 is 1.19 bits per heavy atom. The minimum Gasteiger partial charge on any atom is -0.465 e. The van der Waals surface area contributed by atoms with Crippen LogP contribution in [0.25, 0.3) is 0 Å². The number of unbranched alkanes of at least 4 members (excludes halogenated alkanes) is 16. The molecule has 0 fully saturated rings. The number of carbonyl (C=O) groups excluding carboxylic acids is 3. The summed E-state index contributed by atoms with van der Waals surface area (Å²) in [5.41, 5.74) is 0. The van der Waals surface area contributed by atoms with Gasteiger partial charge in [0.05, 0.1) is 13.2 Å². The molecule has 0 atom stereocenters. The van der Waals surface area contributed by atoms with Gasteiger partial charge in [-0.1, -0.05) is 129 Å². The summed E-state index contributed by atoms with van der Waals surface area (Å²) in [5.74, 6) is 0.890. The van der Waals surface area contributed by atoms with Crippen LogP contribution in [0, 0.1) is 11.8 Å². The van der Waals surface area contributed by atoms with E-state index in [4.69, 9.17) is 14.2 Å².